The average molecular weight is 294 g/mol. The molecule has 2 unspecified atom stereocenters. The summed E-state index contributed by atoms with van der Waals surface area (Å²) >= 11 is 6.27. The van der Waals surface area contributed by atoms with Crippen molar-refractivity contribution in [2.75, 3.05) is 13.6 Å². The Kier molecular flexibility index (Phi) is 5.62. The molecule has 1 aromatic rings. The molecule has 20 heavy (non-hydrogen) atoms. The zero-order valence-electron chi connectivity index (χ0n) is 12.4. The van der Waals surface area contributed by atoms with E-state index in [-0.39, 0.29) is 12.0 Å². The molecule has 0 radical (unpaired) electrons. The number of ketones is 1. The van der Waals surface area contributed by atoms with Crippen LogP contribution in [0.4, 0.5) is 0 Å². The molecule has 0 bridgehead atoms. The molecular formula is C17H24ClNO. The van der Waals surface area contributed by atoms with E-state index in [4.69, 9.17) is 11.6 Å². The maximum atomic E-state index is 12.1. The first kappa shape index (κ1) is 15.5. The monoisotopic (exact) mass is 293 g/mol. The Morgan fingerprint density at radius 2 is 2.05 bits per heavy atom. The Morgan fingerprint density at radius 1 is 1.30 bits per heavy atom. The van der Waals surface area contributed by atoms with Crippen LogP contribution in [0.15, 0.2) is 24.3 Å². The second-order valence-electron chi connectivity index (χ2n) is 5.90. The van der Waals surface area contributed by atoms with E-state index in [1.54, 1.807) is 0 Å². The maximum Gasteiger partial charge on any atom is 0.137 e. The van der Waals surface area contributed by atoms with Crippen LogP contribution >= 0.6 is 11.6 Å². The lowest BCUT2D eigenvalue weighted by Gasteiger charge is -2.29. The predicted octanol–water partition coefficient (Wildman–Crippen LogP) is 4.48. The van der Waals surface area contributed by atoms with E-state index < -0.39 is 0 Å². The van der Waals surface area contributed by atoms with Crippen molar-refractivity contribution < 1.29 is 4.79 Å². The number of carbonyl (C=O) groups excluding carboxylic acids is 1. The minimum absolute atomic E-state index is 0.201. The van der Waals surface area contributed by atoms with E-state index in [1.807, 2.05) is 18.2 Å². The van der Waals surface area contributed by atoms with Gasteiger partial charge in [0.15, 0.2) is 0 Å². The van der Waals surface area contributed by atoms with Gasteiger partial charge in [0, 0.05) is 29.9 Å². The summed E-state index contributed by atoms with van der Waals surface area (Å²) in [6.45, 7) is 2.99. The van der Waals surface area contributed by atoms with Crippen LogP contribution in [0.25, 0.3) is 0 Å². The highest BCUT2D eigenvalue weighted by atomic mass is 35.5. The number of benzene rings is 1. The van der Waals surface area contributed by atoms with E-state index in [1.165, 1.54) is 12.8 Å². The fourth-order valence-corrected chi connectivity index (χ4v) is 3.28. The molecule has 0 saturated heterocycles. The quantitative estimate of drug-likeness (QED) is 0.763. The number of hydrogen-bond acceptors (Lipinski definition) is 2. The first-order valence-corrected chi connectivity index (χ1v) is 7.94. The van der Waals surface area contributed by atoms with Gasteiger partial charge in [-0.15, -0.1) is 0 Å². The van der Waals surface area contributed by atoms with Crippen LogP contribution in [-0.2, 0) is 4.79 Å². The molecule has 1 aromatic carbocycles. The van der Waals surface area contributed by atoms with Crippen LogP contribution in [0.5, 0.6) is 0 Å². The highest BCUT2D eigenvalue weighted by Gasteiger charge is 2.24. The first-order chi connectivity index (χ1) is 9.59. The van der Waals surface area contributed by atoms with Crippen molar-refractivity contribution in [3.8, 4) is 0 Å². The predicted molar refractivity (Wildman–Crippen MR) is 84.1 cm³/mol. The second-order valence-corrected chi connectivity index (χ2v) is 6.31. The van der Waals surface area contributed by atoms with Gasteiger partial charge in [0.25, 0.3) is 0 Å². The van der Waals surface area contributed by atoms with Crippen LogP contribution in [0, 0.1) is 5.92 Å². The third-order valence-corrected chi connectivity index (χ3v) is 4.80. The third-order valence-electron chi connectivity index (χ3n) is 4.46. The Morgan fingerprint density at radius 3 is 2.80 bits per heavy atom. The molecule has 1 aliphatic carbocycles. The molecule has 0 spiro atoms. The maximum absolute atomic E-state index is 12.1. The summed E-state index contributed by atoms with van der Waals surface area (Å²) in [5.41, 5.74) is 1.14. The van der Waals surface area contributed by atoms with Crippen molar-refractivity contribution in [3.63, 3.8) is 0 Å². The number of halogens is 1. The molecular weight excluding hydrogens is 270 g/mol. The summed E-state index contributed by atoms with van der Waals surface area (Å²) in [5.74, 6) is 0.646. The van der Waals surface area contributed by atoms with E-state index in [9.17, 15) is 4.79 Å². The van der Waals surface area contributed by atoms with E-state index in [0.29, 0.717) is 5.78 Å². The lowest BCUT2D eigenvalue weighted by Crippen LogP contribution is -2.32. The van der Waals surface area contributed by atoms with Crippen molar-refractivity contribution in [3.05, 3.63) is 34.9 Å². The fourth-order valence-electron chi connectivity index (χ4n) is 2.98. The Labute approximate surface area is 127 Å². The van der Waals surface area contributed by atoms with E-state index in [0.717, 1.165) is 36.4 Å². The number of hydrogen-bond donors (Lipinski definition) is 0. The van der Waals surface area contributed by atoms with Gasteiger partial charge < -0.3 is 0 Å². The SMILES string of the molecule is CC(c1ccccc1Cl)N(C)CC1CCCCCC1=O. The standard InChI is InChI=1S/C17H24ClNO/c1-13(15-9-6-7-10-16(15)18)19(2)12-14-8-4-3-5-11-17(14)20/h6-7,9-10,13-14H,3-5,8,11-12H2,1-2H3. The van der Waals surface area contributed by atoms with Gasteiger partial charge in [0.1, 0.15) is 5.78 Å². The minimum atomic E-state index is 0.201. The molecule has 0 aromatic heterocycles. The summed E-state index contributed by atoms with van der Waals surface area (Å²) in [4.78, 5) is 14.4. The van der Waals surface area contributed by atoms with Crippen molar-refractivity contribution in [2.45, 2.75) is 45.1 Å². The highest BCUT2D eigenvalue weighted by molar-refractivity contribution is 6.31. The van der Waals surface area contributed by atoms with Gasteiger partial charge in [-0.2, -0.15) is 0 Å². The first-order valence-electron chi connectivity index (χ1n) is 7.57. The number of nitrogens with zero attached hydrogens (tertiary/aromatic N) is 1. The zero-order chi connectivity index (χ0) is 14.5. The van der Waals surface area contributed by atoms with Gasteiger partial charge in [0.2, 0.25) is 0 Å². The van der Waals surface area contributed by atoms with E-state index >= 15 is 0 Å². The van der Waals surface area contributed by atoms with Gasteiger partial charge in [0.05, 0.1) is 0 Å². The molecule has 1 saturated carbocycles. The minimum Gasteiger partial charge on any atom is -0.299 e. The number of rotatable bonds is 4. The molecule has 1 aliphatic rings. The Balaban J connectivity index is 2.02. The largest absolute Gasteiger partial charge is 0.299 e. The van der Waals surface area contributed by atoms with Crippen molar-refractivity contribution in [1.29, 1.82) is 0 Å². The van der Waals surface area contributed by atoms with Crippen LogP contribution in [0.1, 0.15) is 50.6 Å². The van der Waals surface area contributed by atoms with Crippen molar-refractivity contribution >= 4 is 17.4 Å². The summed E-state index contributed by atoms with van der Waals surface area (Å²) in [6.07, 6.45) is 5.26. The van der Waals surface area contributed by atoms with Gasteiger partial charge >= 0.3 is 0 Å². The summed E-state index contributed by atoms with van der Waals surface area (Å²) in [7, 11) is 2.09. The molecule has 1 fully saturated rings. The Bertz CT molecular complexity index is 460. The molecule has 0 aliphatic heterocycles. The molecule has 2 atom stereocenters. The molecule has 3 heteroatoms. The second kappa shape index (κ2) is 7.24. The smallest absolute Gasteiger partial charge is 0.137 e. The molecule has 2 rings (SSSR count). The molecule has 0 heterocycles. The van der Waals surface area contributed by atoms with E-state index in [2.05, 4.69) is 24.9 Å². The fraction of sp³-hybridized carbons (Fsp3) is 0.588. The molecule has 110 valence electrons. The third kappa shape index (κ3) is 3.83. The lowest BCUT2D eigenvalue weighted by molar-refractivity contribution is -0.123. The summed E-state index contributed by atoms with van der Waals surface area (Å²) in [6, 6.07) is 8.20. The van der Waals surface area contributed by atoms with Crippen LogP contribution in [0.2, 0.25) is 5.02 Å². The van der Waals surface area contributed by atoms with Gasteiger partial charge in [-0.3, -0.25) is 9.69 Å². The van der Waals surface area contributed by atoms with Crippen LogP contribution in [0.3, 0.4) is 0 Å². The Hall–Kier alpha value is -0.860. The van der Waals surface area contributed by atoms with Crippen LogP contribution in [-0.4, -0.2) is 24.3 Å². The van der Waals surface area contributed by atoms with Crippen molar-refractivity contribution in [2.24, 2.45) is 5.92 Å². The highest BCUT2D eigenvalue weighted by Crippen LogP contribution is 2.28. The molecule has 0 N–H and O–H groups in total. The van der Waals surface area contributed by atoms with Gasteiger partial charge in [-0.05, 0) is 38.4 Å². The summed E-state index contributed by atoms with van der Waals surface area (Å²) < 4.78 is 0. The zero-order valence-corrected chi connectivity index (χ0v) is 13.2. The molecule has 0 amide bonds. The topological polar surface area (TPSA) is 20.3 Å². The average Bonchev–Trinajstić information content (AvgIpc) is 2.64. The number of carbonyl (C=O) groups is 1. The van der Waals surface area contributed by atoms with Gasteiger partial charge in [-0.25, -0.2) is 0 Å². The molecule has 2 nitrogen and oxygen atoms in total. The summed E-state index contributed by atoms with van der Waals surface area (Å²) in [5, 5.41) is 0.805. The lowest BCUT2D eigenvalue weighted by atomic mass is 9.97. The normalized spacial score (nSPS) is 21.8. The van der Waals surface area contributed by atoms with Gasteiger partial charge in [-0.1, -0.05) is 42.6 Å². The van der Waals surface area contributed by atoms with Crippen molar-refractivity contribution in [1.82, 2.24) is 4.90 Å². The van der Waals surface area contributed by atoms with Crippen LogP contribution < -0.4 is 0 Å². The number of Topliss-reactive ketones (excluding diaryl/α,β-unsaturated/α-hetero) is 1.